The van der Waals surface area contributed by atoms with Crippen LogP contribution in [0.5, 0.6) is 0 Å². The van der Waals surface area contributed by atoms with E-state index in [9.17, 15) is 19.1 Å². The lowest BCUT2D eigenvalue weighted by atomic mass is 9.96. The van der Waals surface area contributed by atoms with Crippen LogP contribution in [-0.2, 0) is 16.1 Å². The fraction of sp³-hybridized carbons (Fsp3) is 0.115. The monoisotopic (exact) mass is 441 g/mol. The van der Waals surface area contributed by atoms with Crippen molar-refractivity contribution in [2.75, 3.05) is 0 Å². The van der Waals surface area contributed by atoms with E-state index in [1.807, 2.05) is 36.4 Å². The Balaban J connectivity index is 1.72. The van der Waals surface area contributed by atoms with Gasteiger partial charge in [-0.05, 0) is 42.3 Å². The summed E-state index contributed by atoms with van der Waals surface area (Å²) in [7, 11) is 0. The van der Waals surface area contributed by atoms with Crippen molar-refractivity contribution in [3.8, 4) is 0 Å². The molecular formula is C26H20FN3O3. The lowest BCUT2D eigenvalue weighted by Gasteiger charge is -2.25. The molecule has 2 aromatic heterocycles. The van der Waals surface area contributed by atoms with Crippen LogP contribution >= 0.6 is 0 Å². The minimum absolute atomic E-state index is 0.0451. The topological polar surface area (TPSA) is 74.9 Å². The molecule has 5 rings (SSSR count). The normalized spacial score (nSPS) is 17.8. The first-order chi connectivity index (χ1) is 16.0. The number of imidazole rings is 1. The number of rotatable bonds is 4. The number of fused-ring (bicyclic) bond motifs is 1. The second-order valence-corrected chi connectivity index (χ2v) is 7.94. The van der Waals surface area contributed by atoms with E-state index in [0.717, 1.165) is 5.56 Å². The number of hydrogen-bond donors (Lipinski definition) is 1. The molecule has 33 heavy (non-hydrogen) atoms. The Hall–Kier alpha value is -4.26. The second-order valence-electron chi connectivity index (χ2n) is 7.94. The molecule has 1 fully saturated rings. The summed E-state index contributed by atoms with van der Waals surface area (Å²) < 4.78 is 15.3. The number of carbonyl (C=O) groups excluding carboxylic acids is 2. The van der Waals surface area contributed by atoms with Crippen LogP contribution in [0.15, 0.2) is 84.6 Å². The minimum atomic E-state index is -0.875. The predicted molar refractivity (Wildman–Crippen MR) is 121 cm³/mol. The zero-order valence-electron chi connectivity index (χ0n) is 17.8. The number of benzene rings is 2. The van der Waals surface area contributed by atoms with Crippen LogP contribution in [-0.4, -0.2) is 31.1 Å². The van der Waals surface area contributed by atoms with Crippen LogP contribution in [0.4, 0.5) is 4.39 Å². The van der Waals surface area contributed by atoms with E-state index in [2.05, 4.69) is 4.98 Å². The molecule has 2 aromatic carbocycles. The summed E-state index contributed by atoms with van der Waals surface area (Å²) in [4.78, 5) is 32.2. The molecule has 0 radical (unpaired) electrons. The number of aliphatic hydroxyl groups is 1. The van der Waals surface area contributed by atoms with Gasteiger partial charge in [0, 0.05) is 12.7 Å². The zero-order valence-corrected chi connectivity index (χ0v) is 17.8. The summed E-state index contributed by atoms with van der Waals surface area (Å²) in [5.41, 5.74) is 2.78. The average molecular weight is 441 g/mol. The summed E-state index contributed by atoms with van der Waals surface area (Å²) in [5.74, 6) is -2.25. The van der Waals surface area contributed by atoms with Crippen LogP contribution in [0, 0.1) is 12.7 Å². The summed E-state index contributed by atoms with van der Waals surface area (Å²) >= 11 is 0. The maximum absolute atomic E-state index is 13.7. The van der Waals surface area contributed by atoms with Crippen molar-refractivity contribution in [2.45, 2.75) is 19.5 Å². The van der Waals surface area contributed by atoms with E-state index < -0.39 is 23.5 Å². The molecule has 1 N–H and O–H groups in total. The number of aromatic nitrogens is 2. The van der Waals surface area contributed by atoms with Crippen molar-refractivity contribution in [3.05, 3.63) is 113 Å². The Bertz CT molecular complexity index is 1410. The maximum Gasteiger partial charge on any atom is 0.295 e. The van der Waals surface area contributed by atoms with Crippen molar-refractivity contribution >= 4 is 23.1 Å². The van der Waals surface area contributed by atoms with Gasteiger partial charge in [-0.3, -0.25) is 14.0 Å². The van der Waals surface area contributed by atoms with Gasteiger partial charge in [0.1, 0.15) is 17.2 Å². The first kappa shape index (κ1) is 20.6. The molecule has 1 atom stereocenters. The Morgan fingerprint density at radius 3 is 2.42 bits per heavy atom. The Labute approximate surface area is 189 Å². The highest BCUT2D eigenvalue weighted by atomic mass is 19.1. The van der Waals surface area contributed by atoms with Crippen LogP contribution < -0.4 is 0 Å². The van der Waals surface area contributed by atoms with Crippen molar-refractivity contribution in [2.24, 2.45) is 0 Å². The number of pyridine rings is 1. The van der Waals surface area contributed by atoms with E-state index >= 15 is 0 Å². The average Bonchev–Trinajstić information content (AvgIpc) is 3.28. The van der Waals surface area contributed by atoms with Crippen molar-refractivity contribution in [3.63, 3.8) is 0 Å². The number of amides is 1. The van der Waals surface area contributed by atoms with Crippen molar-refractivity contribution < 1.29 is 19.1 Å². The van der Waals surface area contributed by atoms with Gasteiger partial charge in [0.05, 0.1) is 17.3 Å². The molecule has 1 saturated heterocycles. The van der Waals surface area contributed by atoms with Gasteiger partial charge in [-0.25, -0.2) is 9.37 Å². The molecule has 7 heteroatoms. The highest BCUT2D eigenvalue weighted by Crippen LogP contribution is 2.40. The molecule has 3 heterocycles. The van der Waals surface area contributed by atoms with Crippen LogP contribution in [0.25, 0.3) is 11.4 Å². The maximum atomic E-state index is 13.7. The first-order valence-electron chi connectivity index (χ1n) is 10.5. The van der Waals surface area contributed by atoms with E-state index in [1.54, 1.807) is 29.7 Å². The van der Waals surface area contributed by atoms with E-state index in [1.165, 1.54) is 29.2 Å². The number of likely N-dealkylation sites (tertiary alicyclic amines) is 1. The first-order valence-corrected chi connectivity index (χ1v) is 10.5. The molecular weight excluding hydrogens is 421 g/mol. The number of ketones is 1. The van der Waals surface area contributed by atoms with Gasteiger partial charge >= 0.3 is 0 Å². The molecule has 0 aliphatic carbocycles. The number of aliphatic hydroxyl groups excluding tert-OH is 1. The van der Waals surface area contributed by atoms with E-state index in [4.69, 9.17) is 0 Å². The molecule has 1 aliphatic heterocycles. The number of Topliss-reactive ketones (excluding diaryl/α,β-unsaturated/α-hetero) is 1. The highest BCUT2D eigenvalue weighted by Gasteiger charge is 2.46. The third-order valence-electron chi connectivity index (χ3n) is 5.85. The molecule has 1 unspecified atom stereocenters. The third-order valence-corrected chi connectivity index (χ3v) is 5.85. The van der Waals surface area contributed by atoms with Gasteiger partial charge in [-0.2, -0.15) is 0 Å². The van der Waals surface area contributed by atoms with Gasteiger partial charge < -0.3 is 10.0 Å². The number of halogens is 1. The number of carbonyl (C=O) groups is 2. The fourth-order valence-electron chi connectivity index (χ4n) is 4.34. The fourth-order valence-corrected chi connectivity index (χ4v) is 4.34. The van der Waals surface area contributed by atoms with Gasteiger partial charge in [0.2, 0.25) is 0 Å². The van der Waals surface area contributed by atoms with Crippen LogP contribution in [0.3, 0.4) is 0 Å². The molecule has 0 bridgehead atoms. The molecule has 0 saturated carbocycles. The summed E-state index contributed by atoms with van der Waals surface area (Å²) in [6, 6.07) is 19.4. The number of hydrogen-bond acceptors (Lipinski definition) is 4. The van der Waals surface area contributed by atoms with Crippen molar-refractivity contribution in [1.82, 2.24) is 14.3 Å². The number of nitrogens with zero attached hydrogens (tertiary/aromatic N) is 3. The SMILES string of the molecule is Cc1nc2ccccn2c1/C(O)=C1\C(=O)C(=O)N(Cc2ccccc2)C1c1ccc(F)cc1. The molecule has 0 spiro atoms. The Morgan fingerprint density at radius 2 is 1.70 bits per heavy atom. The molecule has 4 aromatic rings. The lowest BCUT2D eigenvalue weighted by molar-refractivity contribution is -0.140. The summed E-state index contributed by atoms with van der Waals surface area (Å²) in [5, 5.41) is 11.4. The zero-order chi connectivity index (χ0) is 23.1. The van der Waals surface area contributed by atoms with Gasteiger partial charge in [0.25, 0.3) is 11.7 Å². The van der Waals surface area contributed by atoms with Crippen LogP contribution in [0.2, 0.25) is 0 Å². The van der Waals surface area contributed by atoms with Gasteiger partial charge in [-0.1, -0.05) is 48.5 Å². The summed E-state index contributed by atoms with van der Waals surface area (Å²) in [6.07, 6.45) is 1.73. The van der Waals surface area contributed by atoms with Gasteiger partial charge in [0.15, 0.2) is 5.76 Å². The third kappa shape index (κ3) is 3.47. The predicted octanol–water partition coefficient (Wildman–Crippen LogP) is 4.40. The quantitative estimate of drug-likeness (QED) is 0.289. The molecule has 1 aliphatic rings. The number of aryl methyl sites for hydroxylation is 1. The highest BCUT2D eigenvalue weighted by molar-refractivity contribution is 6.46. The standard InChI is InChI=1S/C26H20FN3O3/c1-16-22(29-14-6-5-9-20(29)28-16)24(31)21-23(18-10-12-19(27)13-11-18)30(26(33)25(21)32)15-17-7-3-2-4-8-17/h2-14,23,31H,15H2,1H3/b24-21+. The largest absolute Gasteiger partial charge is 0.505 e. The Kier molecular flexibility index (Phi) is 5.01. The molecule has 164 valence electrons. The van der Waals surface area contributed by atoms with Gasteiger partial charge in [-0.15, -0.1) is 0 Å². The van der Waals surface area contributed by atoms with E-state index in [-0.39, 0.29) is 17.9 Å². The van der Waals surface area contributed by atoms with Crippen molar-refractivity contribution in [1.29, 1.82) is 0 Å². The lowest BCUT2D eigenvalue weighted by Crippen LogP contribution is -2.29. The Morgan fingerprint density at radius 1 is 1.00 bits per heavy atom. The van der Waals surface area contributed by atoms with E-state index in [0.29, 0.717) is 22.6 Å². The second kappa shape index (κ2) is 8.02. The summed E-state index contributed by atoms with van der Waals surface area (Å²) in [6.45, 7) is 1.89. The molecule has 6 nitrogen and oxygen atoms in total. The smallest absolute Gasteiger partial charge is 0.295 e. The molecule has 1 amide bonds. The minimum Gasteiger partial charge on any atom is -0.505 e. The van der Waals surface area contributed by atoms with Crippen LogP contribution in [0.1, 0.15) is 28.6 Å².